The molecule has 0 atom stereocenters. The lowest BCUT2D eigenvalue weighted by Crippen LogP contribution is -2.36. The van der Waals surface area contributed by atoms with Crippen LogP contribution >= 0.6 is 15.9 Å². The first-order valence-corrected chi connectivity index (χ1v) is 7.94. The molecular formula is C17H17BrN2O. The number of hydrogen-bond donors (Lipinski definition) is 1. The average molecular weight is 345 g/mol. The van der Waals surface area contributed by atoms with Gasteiger partial charge in [-0.05, 0) is 42.7 Å². The lowest BCUT2D eigenvalue weighted by molar-refractivity contribution is -0.123. The van der Waals surface area contributed by atoms with E-state index in [2.05, 4.69) is 26.2 Å². The summed E-state index contributed by atoms with van der Waals surface area (Å²) in [5, 5.41) is 3.06. The zero-order valence-corrected chi connectivity index (χ0v) is 13.3. The summed E-state index contributed by atoms with van der Waals surface area (Å²) in [5.41, 5.74) is 1.82. The summed E-state index contributed by atoms with van der Waals surface area (Å²) in [6.07, 6.45) is 4.42. The van der Waals surface area contributed by atoms with Crippen molar-refractivity contribution in [3.8, 4) is 0 Å². The van der Waals surface area contributed by atoms with Crippen molar-refractivity contribution in [2.24, 2.45) is 0 Å². The van der Waals surface area contributed by atoms with Crippen molar-refractivity contribution in [2.75, 3.05) is 6.54 Å². The monoisotopic (exact) mass is 344 g/mol. The lowest BCUT2D eigenvalue weighted by atomic mass is 9.95. The predicted octanol–water partition coefficient (Wildman–Crippen LogP) is 3.23. The van der Waals surface area contributed by atoms with E-state index in [0.717, 1.165) is 35.0 Å². The number of hydrogen-bond acceptors (Lipinski definition) is 2. The fraction of sp³-hybridized carbons (Fsp3) is 0.294. The van der Waals surface area contributed by atoms with Crippen LogP contribution in [0.25, 0.3) is 0 Å². The zero-order chi connectivity index (χ0) is 14.7. The van der Waals surface area contributed by atoms with Crippen molar-refractivity contribution in [1.29, 1.82) is 0 Å². The van der Waals surface area contributed by atoms with Gasteiger partial charge >= 0.3 is 0 Å². The Morgan fingerprint density at radius 2 is 1.95 bits per heavy atom. The van der Waals surface area contributed by atoms with Gasteiger partial charge in [0.15, 0.2) is 0 Å². The number of aromatic nitrogens is 1. The minimum atomic E-state index is -0.301. The summed E-state index contributed by atoms with van der Waals surface area (Å²) >= 11 is 3.43. The van der Waals surface area contributed by atoms with E-state index in [4.69, 9.17) is 0 Å². The molecule has 1 N–H and O–H groups in total. The largest absolute Gasteiger partial charge is 0.355 e. The summed E-state index contributed by atoms with van der Waals surface area (Å²) in [6.45, 7) is 0.633. The van der Waals surface area contributed by atoms with Gasteiger partial charge in [-0.25, -0.2) is 0 Å². The maximum atomic E-state index is 12.5. The molecule has 1 aliphatic rings. The van der Waals surface area contributed by atoms with Gasteiger partial charge in [-0.3, -0.25) is 9.78 Å². The van der Waals surface area contributed by atoms with Crippen LogP contribution in [-0.4, -0.2) is 17.4 Å². The average Bonchev–Trinajstić information content (AvgIpc) is 3.31. The van der Waals surface area contributed by atoms with E-state index >= 15 is 0 Å². The molecule has 0 bridgehead atoms. The smallest absolute Gasteiger partial charge is 0.230 e. The number of rotatable bonds is 5. The van der Waals surface area contributed by atoms with Crippen LogP contribution in [0.3, 0.4) is 0 Å². The normalized spacial score (nSPS) is 15.5. The number of nitrogens with zero attached hydrogens (tertiary/aromatic N) is 1. The van der Waals surface area contributed by atoms with Crippen molar-refractivity contribution in [3.63, 3.8) is 0 Å². The quantitative estimate of drug-likeness (QED) is 0.904. The summed E-state index contributed by atoms with van der Waals surface area (Å²) < 4.78 is 1.04. The Kier molecular flexibility index (Phi) is 4.06. The Morgan fingerprint density at radius 3 is 2.57 bits per heavy atom. The Hall–Kier alpha value is -1.68. The van der Waals surface area contributed by atoms with Crippen molar-refractivity contribution < 1.29 is 4.79 Å². The number of amides is 1. The highest BCUT2D eigenvalue weighted by Gasteiger charge is 2.50. The van der Waals surface area contributed by atoms with Crippen LogP contribution in [0.15, 0.2) is 53.1 Å². The van der Waals surface area contributed by atoms with Gasteiger partial charge in [0, 0.05) is 29.3 Å². The highest BCUT2D eigenvalue weighted by molar-refractivity contribution is 9.10. The summed E-state index contributed by atoms with van der Waals surface area (Å²) in [4.78, 5) is 16.7. The number of halogens is 1. The molecule has 4 heteroatoms. The molecule has 1 amide bonds. The van der Waals surface area contributed by atoms with E-state index in [1.165, 1.54) is 0 Å². The minimum absolute atomic E-state index is 0.140. The number of benzene rings is 1. The molecule has 0 unspecified atom stereocenters. The van der Waals surface area contributed by atoms with Crippen LogP contribution in [0.5, 0.6) is 0 Å². The summed E-state index contributed by atoms with van der Waals surface area (Å²) in [7, 11) is 0. The molecule has 108 valence electrons. The molecule has 0 saturated heterocycles. The topological polar surface area (TPSA) is 42.0 Å². The van der Waals surface area contributed by atoms with Gasteiger partial charge in [-0.2, -0.15) is 0 Å². The molecule has 3 nitrogen and oxygen atoms in total. The molecule has 1 aromatic carbocycles. The zero-order valence-electron chi connectivity index (χ0n) is 11.7. The van der Waals surface area contributed by atoms with Crippen molar-refractivity contribution in [2.45, 2.75) is 24.7 Å². The van der Waals surface area contributed by atoms with E-state index < -0.39 is 0 Å². The number of carbonyl (C=O) groups is 1. The molecular weight excluding hydrogens is 328 g/mol. The molecule has 2 aromatic rings. The van der Waals surface area contributed by atoms with Gasteiger partial charge in [-0.1, -0.05) is 34.1 Å². The Balaban J connectivity index is 1.59. The van der Waals surface area contributed by atoms with Gasteiger partial charge in [0.2, 0.25) is 5.91 Å². The van der Waals surface area contributed by atoms with Crippen molar-refractivity contribution >= 4 is 21.8 Å². The Morgan fingerprint density at radius 1 is 1.19 bits per heavy atom. The number of carbonyl (C=O) groups excluding carboxylic acids is 1. The fourth-order valence-electron chi connectivity index (χ4n) is 2.56. The van der Waals surface area contributed by atoms with Crippen LogP contribution in [0, 0.1) is 0 Å². The van der Waals surface area contributed by atoms with E-state index in [-0.39, 0.29) is 11.3 Å². The third kappa shape index (κ3) is 3.16. The van der Waals surface area contributed by atoms with Crippen LogP contribution < -0.4 is 5.32 Å². The standard InChI is InChI=1S/C17H17BrN2O/c18-14-6-4-13(5-7-14)17(9-10-17)16(21)20-12-8-15-3-1-2-11-19-15/h1-7,11H,8-10,12H2,(H,20,21). The molecule has 1 aromatic heterocycles. The van der Waals surface area contributed by atoms with E-state index in [1.54, 1.807) is 6.20 Å². The van der Waals surface area contributed by atoms with Gasteiger partial charge in [-0.15, -0.1) is 0 Å². The predicted molar refractivity (Wildman–Crippen MR) is 86.0 cm³/mol. The molecule has 0 radical (unpaired) electrons. The second-order valence-electron chi connectivity index (χ2n) is 5.42. The van der Waals surface area contributed by atoms with Crippen molar-refractivity contribution in [3.05, 3.63) is 64.4 Å². The van der Waals surface area contributed by atoms with Gasteiger partial charge < -0.3 is 5.32 Å². The third-order valence-electron chi connectivity index (χ3n) is 3.97. The molecule has 1 heterocycles. The Bertz CT molecular complexity index is 621. The first-order valence-electron chi connectivity index (χ1n) is 7.15. The van der Waals surface area contributed by atoms with Crippen LogP contribution in [-0.2, 0) is 16.6 Å². The summed E-state index contributed by atoms with van der Waals surface area (Å²) in [5.74, 6) is 0.140. The van der Waals surface area contributed by atoms with Gasteiger partial charge in [0.25, 0.3) is 0 Å². The molecule has 1 aliphatic carbocycles. The van der Waals surface area contributed by atoms with Crippen LogP contribution in [0.4, 0.5) is 0 Å². The van der Waals surface area contributed by atoms with E-state index in [1.807, 2.05) is 42.5 Å². The van der Waals surface area contributed by atoms with Gasteiger partial charge in [0.05, 0.1) is 5.41 Å². The summed E-state index contributed by atoms with van der Waals surface area (Å²) in [6, 6.07) is 13.9. The molecule has 0 spiro atoms. The maximum absolute atomic E-state index is 12.5. The van der Waals surface area contributed by atoms with Crippen LogP contribution in [0.1, 0.15) is 24.1 Å². The SMILES string of the molecule is O=C(NCCc1ccccn1)C1(c2ccc(Br)cc2)CC1. The van der Waals surface area contributed by atoms with Gasteiger partial charge in [0.1, 0.15) is 0 Å². The second kappa shape index (κ2) is 5.98. The molecule has 0 aliphatic heterocycles. The highest BCUT2D eigenvalue weighted by Crippen LogP contribution is 2.48. The maximum Gasteiger partial charge on any atom is 0.230 e. The van der Waals surface area contributed by atoms with Crippen LogP contribution in [0.2, 0.25) is 0 Å². The molecule has 3 rings (SSSR count). The molecule has 1 fully saturated rings. The molecule has 1 saturated carbocycles. The molecule has 21 heavy (non-hydrogen) atoms. The van der Waals surface area contributed by atoms with E-state index in [9.17, 15) is 4.79 Å². The second-order valence-corrected chi connectivity index (χ2v) is 6.33. The first kappa shape index (κ1) is 14.3. The first-order chi connectivity index (χ1) is 10.2. The highest BCUT2D eigenvalue weighted by atomic mass is 79.9. The van der Waals surface area contributed by atoms with E-state index in [0.29, 0.717) is 6.54 Å². The Labute approximate surface area is 132 Å². The fourth-order valence-corrected chi connectivity index (χ4v) is 2.82. The number of pyridine rings is 1. The van der Waals surface area contributed by atoms with Crippen molar-refractivity contribution in [1.82, 2.24) is 10.3 Å². The lowest BCUT2D eigenvalue weighted by Gasteiger charge is -2.15. The number of nitrogens with one attached hydrogen (secondary N) is 1. The third-order valence-corrected chi connectivity index (χ3v) is 4.50. The minimum Gasteiger partial charge on any atom is -0.355 e.